The van der Waals surface area contributed by atoms with Crippen LogP contribution >= 0.6 is 11.3 Å². The minimum Gasteiger partial charge on any atom is -0.462 e. The molecule has 0 aliphatic heterocycles. The van der Waals surface area contributed by atoms with Gasteiger partial charge in [-0.05, 0) is 29.3 Å². The summed E-state index contributed by atoms with van der Waals surface area (Å²) in [6, 6.07) is 14.2. The van der Waals surface area contributed by atoms with Crippen LogP contribution < -0.4 is 5.56 Å². The molecule has 2 heterocycles. The standard InChI is InChI=1S/C22H20N2O4S/c1-2-27-9-10-28-19(25)12-24-14-23-21-20(22(24)26)18(13-29-21)17-8-7-15-5-3-4-6-16(15)11-17/h3-8,11,13-14H,2,9-10,12H2,1H3. The zero-order valence-corrected chi connectivity index (χ0v) is 16.8. The smallest absolute Gasteiger partial charge is 0.326 e. The molecule has 6 nitrogen and oxygen atoms in total. The Labute approximate surface area is 171 Å². The van der Waals surface area contributed by atoms with E-state index in [2.05, 4.69) is 17.1 Å². The van der Waals surface area contributed by atoms with Crippen molar-refractivity contribution in [3.05, 3.63) is 64.5 Å². The van der Waals surface area contributed by atoms with E-state index in [1.807, 2.05) is 42.6 Å². The molecular formula is C22H20N2O4S. The number of fused-ring (bicyclic) bond motifs is 2. The lowest BCUT2D eigenvalue weighted by Gasteiger charge is -2.08. The number of aromatic nitrogens is 2. The number of thiophene rings is 1. The van der Waals surface area contributed by atoms with Crippen LogP contribution in [0, 0.1) is 0 Å². The molecule has 0 aliphatic rings. The molecule has 0 atom stereocenters. The number of carbonyl (C=O) groups is 1. The van der Waals surface area contributed by atoms with Gasteiger partial charge < -0.3 is 9.47 Å². The van der Waals surface area contributed by atoms with Crippen molar-refractivity contribution in [2.24, 2.45) is 0 Å². The second-order valence-electron chi connectivity index (χ2n) is 6.49. The Hall–Kier alpha value is -3.03. The van der Waals surface area contributed by atoms with Crippen molar-refractivity contribution >= 4 is 38.3 Å². The van der Waals surface area contributed by atoms with E-state index in [1.54, 1.807) is 0 Å². The maximum atomic E-state index is 13.1. The van der Waals surface area contributed by atoms with Gasteiger partial charge in [0.15, 0.2) is 0 Å². The summed E-state index contributed by atoms with van der Waals surface area (Å²) in [6.45, 7) is 2.76. The summed E-state index contributed by atoms with van der Waals surface area (Å²) in [6.07, 6.45) is 1.40. The predicted octanol–water partition coefficient (Wildman–Crippen LogP) is 3.86. The number of carbonyl (C=O) groups excluding carboxylic acids is 1. The van der Waals surface area contributed by atoms with Gasteiger partial charge in [0, 0.05) is 17.6 Å². The highest BCUT2D eigenvalue weighted by Gasteiger charge is 2.15. The largest absolute Gasteiger partial charge is 0.462 e. The predicted molar refractivity (Wildman–Crippen MR) is 114 cm³/mol. The van der Waals surface area contributed by atoms with Gasteiger partial charge in [-0.3, -0.25) is 14.2 Å². The van der Waals surface area contributed by atoms with Crippen LogP contribution in [0.15, 0.2) is 59.0 Å². The van der Waals surface area contributed by atoms with Gasteiger partial charge in [0.05, 0.1) is 18.3 Å². The molecule has 4 aromatic rings. The van der Waals surface area contributed by atoms with E-state index >= 15 is 0 Å². The van der Waals surface area contributed by atoms with Gasteiger partial charge in [0.1, 0.15) is 18.0 Å². The molecule has 0 amide bonds. The molecule has 7 heteroatoms. The molecule has 2 aromatic carbocycles. The summed E-state index contributed by atoms with van der Waals surface area (Å²) < 4.78 is 11.5. The van der Waals surface area contributed by atoms with Crippen molar-refractivity contribution < 1.29 is 14.3 Å². The number of benzene rings is 2. The summed E-state index contributed by atoms with van der Waals surface area (Å²) in [5, 5.41) is 4.70. The molecule has 0 spiro atoms. The van der Waals surface area contributed by atoms with Gasteiger partial charge in [-0.15, -0.1) is 11.3 Å². The SMILES string of the molecule is CCOCCOC(=O)Cn1cnc2scc(-c3ccc4ccccc4c3)c2c1=O. The quantitative estimate of drug-likeness (QED) is 0.343. The van der Waals surface area contributed by atoms with E-state index < -0.39 is 5.97 Å². The second kappa shape index (κ2) is 8.55. The highest BCUT2D eigenvalue weighted by Crippen LogP contribution is 2.32. The van der Waals surface area contributed by atoms with Gasteiger partial charge in [-0.25, -0.2) is 4.98 Å². The topological polar surface area (TPSA) is 70.4 Å². The Morgan fingerprint density at radius 1 is 1.14 bits per heavy atom. The van der Waals surface area contributed by atoms with Gasteiger partial charge in [0.2, 0.25) is 0 Å². The van der Waals surface area contributed by atoms with Crippen LogP contribution in [0.2, 0.25) is 0 Å². The third-order valence-corrected chi connectivity index (χ3v) is 5.50. The fraction of sp³-hybridized carbons (Fsp3) is 0.227. The number of esters is 1. The van der Waals surface area contributed by atoms with Crippen molar-refractivity contribution in [2.45, 2.75) is 13.5 Å². The lowest BCUT2D eigenvalue weighted by atomic mass is 10.0. The number of ether oxygens (including phenoxy) is 2. The van der Waals surface area contributed by atoms with Crippen molar-refractivity contribution in [3.8, 4) is 11.1 Å². The van der Waals surface area contributed by atoms with Crippen LogP contribution in [-0.4, -0.2) is 35.3 Å². The number of rotatable bonds is 7. The molecule has 2 aromatic heterocycles. The highest BCUT2D eigenvalue weighted by molar-refractivity contribution is 7.17. The molecule has 4 rings (SSSR count). The summed E-state index contributed by atoms with van der Waals surface area (Å²) in [7, 11) is 0. The minimum absolute atomic E-state index is 0.165. The first kappa shape index (κ1) is 19.3. The molecule has 0 radical (unpaired) electrons. The molecule has 0 unspecified atom stereocenters. The maximum absolute atomic E-state index is 13.1. The lowest BCUT2D eigenvalue weighted by Crippen LogP contribution is -2.26. The monoisotopic (exact) mass is 408 g/mol. The summed E-state index contributed by atoms with van der Waals surface area (Å²) in [5.41, 5.74) is 1.53. The van der Waals surface area contributed by atoms with E-state index in [0.29, 0.717) is 23.4 Å². The molecule has 0 bridgehead atoms. The fourth-order valence-electron chi connectivity index (χ4n) is 3.19. The van der Waals surface area contributed by atoms with E-state index in [-0.39, 0.29) is 18.7 Å². The van der Waals surface area contributed by atoms with Crippen molar-refractivity contribution in [3.63, 3.8) is 0 Å². The summed E-state index contributed by atoms with van der Waals surface area (Å²) in [5.74, 6) is -0.490. The summed E-state index contributed by atoms with van der Waals surface area (Å²) >= 11 is 1.42. The van der Waals surface area contributed by atoms with Gasteiger partial charge in [0.25, 0.3) is 5.56 Å². The number of hydrogen-bond donors (Lipinski definition) is 0. The van der Waals surface area contributed by atoms with E-state index in [9.17, 15) is 9.59 Å². The molecule has 148 valence electrons. The van der Waals surface area contributed by atoms with E-state index in [4.69, 9.17) is 9.47 Å². The van der Waals surface area contributed by atoms with Crippen LogP contribution in [0.25, 0.3) is 32.1 Å². The molecule has 0 saturated carbocycles. The van der Waals surface area contributed by atoms with Crippen LogP contribution in [0.3, 0.4) is 0 Å². The Kier molecular flexibility index (Phi) is 5.69. The first-order valence-corrected chi connectivity index (χ1v) is 10.2. The van der Waals surface area contributed by atoms with Gasteiger partial charge in [-0.1, -0.05) is 36.4 Å². The Balaban J connectivity index is 1.65. The molecule has 0 fully saturated rings. The van der Waals surface area contributed by atoms with Gasteiger partial charge >= 0.3 is 5.97 Å². The Bertz CT molecular complexity index is 1230. The van der Waals surface area contributed by atoms with Crippen LogP contribution in [0.1, 0.15) is 6.92 Å². The fourth-order valence-corrected chi connectivity index (χ4v) is 4.10. The molecule has 0 N–H and O–H groups in total. The average molecular weight is 408 g/mol. The van der Waals surface area contributed by atoms with Crippen molar-refractivity contribution in [1.82, 2.24) is 9.55 Å². The van der Waals surface area contributed by atoms with E-state index in [1.165, 1.54) is 22.2 Å². The highest BCUT2D eigenvalue weighted by atomic mass is 32.1. The average Bonchev–Trinajstić information content (AvgIpc) is 3.18. The van der Waals surface area contributed by atoms with Crippen LogP contribution in [0.4, 0.5) is 0 Å². The second-order valence-corrected chi connectivity index (χ2v) is 7.34. The van der Waals surface area contributed by atoms with Crippen molar-refractivity contribution in [1.29, 1.82) is 0 Å². The third-order valence-electron chi connectivity index (χ3n) is 4.62. The van der Waals surface area contributed by atoms with Crippen LogP contribution in [-0.2, 0) is 20.8 Å². The minimum atomic E-state index is -0.490. The van der Waals surface area contributed by atoms with Crippen LogP contribution in [0.5, 0.6) is 0 Å². The first-order valence-electron chi connectivity index (χ1n) is 9.36. The zero-order chi connectivity index (χ0) is 20.2. The van der Waals surface area contributed by atoms with Gasteiger partial charge in [-0.2, -0.15) is 0 Å². The first-order chi connectivity index (χ1) is 14.2. The third kappa shape index (κ3) is 4.06. The lowest BCUT2D eigenvalue weighted by molar-refractivity contribution is -0.145. The Morgan fingerprint density at radius 3 is 2.79 bits per heavy atom. The number of hydrogen-bond acceptors (Lipinski definition) is 6. The molecular weight excluding hydrogens is 388 g/mol. The molecule has 29 heavy (non-hydrogen) atoms. The van der Waals surface area contributed by atoms with E-state index in [0.717, 1.165) is 21.9 Å². The normalized spacial score (nSPS) is 11.2. The zero-order valence-electron chi connectivity index (χ0n) is 16.0. The molecule has 0 saturated heterocycles. The summed E-state index contributed by atoms with van der Waals surface area (Å²) in [4.78, 5) is 30.1. The maximum Gasteiger partial charge on any atom is 0.326 e. The molecule has 0 aliphatic carbocycles. The number of nitrogens with zero attached hydrogens (tertiary/aromatic N) is 2. The Morgan fingerprint density at radius 2 is 1.97 bits per heavy atom. The van der Waals surface area contributed by atoms with Crippen molar-refractivity contribution in [2.75, 3.05) is 19.8 Å².